The van der Waals surface area contributed by atoms with E-state index >= 15 is 0 Å². The zero-order valence-electron chi connectivity index (χ0n) is 7.21. The van der Waals surface area contributed by atoms with Gasteiger partial charge in [-0.05, 0) is 6.07 Å². The van der Waals surface area contributed by atoms with Crippen molar-refractivity contribution in [2.45, 2.75) is 5.54 Å². The highest BCUT2D eigenvalue weighted by molar-refractivity contribution is 5.85. The van der Waals surface area contributed by atoms with Crippen LogP contribution in [-0.2, 0) is 10.3 Å². The van der Waals surface area contributed by atoms with Crippen LogP contribution in [0.25, 0.3) is 0 Å². The first-order chi connectivity index (χ1) is 5.76. The standard InChI is InChI=1S/C7H9N3O2.2ClH/c11-6(12)7(4-8-5-7)10-3-1-2-9-10;;/h1-3,8H,4-5H2,(H,11,12);2*1H. The molecule has 0 amide bonds. The summed E-state index contributed by atoms with van der Waals surface area (Å²) < 4.78 is 1.49. The van der Waals surface area contributed by atoms with Crippen LogP contribution in [0.5, 0.6) is 0 Å². The molecule has 80 valence electrons. The fraction of sp³-hybridized carbons (Fsp3) is 0.429. The molecule has 1 aliphatic rings. The maximum absolute atomic E-state index is 10.9. The largest absolute Gasteiger partial charge is 0.479 e. The van der Waals surface area contributed by atoms with E-state index in [9.17, 15) is 4.79 Å². The molecule has 2 N–H and O–H groups in total. The molecule has 0 bridgehead atoms. The predicted molar refractivity (Wildman–Crippen MR) is 55.2 cm³/mol. The molecule has 0 atom stereocenters. The number of halogens is 2. The van der Waals surface area contributed by atoms with Gasteiger partial charge in [-0.25, -0.2) is 4.79 Å². The molecule has 0 radical (unpaired) electrons. The topological polar surface area (TPSA) is 67.1 Å². The number of hydrogen-bond acceptors (Lipinski definition) is 3. The summed E-state index contributed by atoms with van der Waals surface area (Å²) in [6, 6.07) is 1.73. The van der Waals surface area contributed by atoms with Crippen molar-refractivity contribution in [2.75, 3.05) is 13.1 Å². The first-order valence-corrected chi connectivity index (χ1v) is 3.70. The molecule has 1 fully saturated rings. The van der Waals surface area contributed by atoms with Gasteiger partial charge < -0.3 is 10.4 Å². The van der Waals surface area contributed by atoms with E-state index in [1.807, 2.05) is 0 Å². The highest BCUT2D eigenvalue weighted by Gasteiger charge is 2.46. The van der Waals surface area contributed by atoms with Crippen molar-refractivity contribution in [2.24, 2.45) is 0 Å². The molecule has 0 unspecified atom stereocenters. The predicted octanol–water partition coefficient (Wildman–Crippen LogP) is 0.110. The number of carbonyl (C=O) groups is 1. The molecule has 1 aromatic heterocycles. The summed E-state index contributed by atoms with van der Waals surface area (Å²) in [5.41, 5.74) is -0.844. The number of aliphatic carboxylic acids is 1. The zero-order valence-corrected chi connectivity index (χ0v) is 8.85. The minimum absolute atomic E-state index is 0. The quantitative estimate of drug-likeness (QED) is 0.769. The third-order valence-electron chi connectivity index (χ3n) is 2.18. The smallest absolute Gasteiger partial charge is 0.334 e. The van der Waals surface area contributed by atoms with Gasteiger partial charge in [0.15, 0.2) is 5.54 Å². The SMILES string of the molecule is Cl.Cl.O=C(O)C1(n2cccn2)CNC1. The Morgan fingerprint density at radius 3 is 2.43 bits per heavy atom. The van der Waals surface area contributed by atoms with Crippen LogP contribution in [-0.4, -0.2) is 33.9 Å². The summed E-state index contributed by atoms with van der Waals surface area (Å²) in [6.07, 6.45) is 3.26. The van der Waals surface area contributed by atoms with Crippen molar-refractivity contribution < 1.29 is 9.90 Å². The van der Waals surface area contributed by atoms with Crippen molar-refractivity contribution in [3.8, 4) is 0 Å². The maximum Gasteiger partial charge on any atom is 0.334 e. The zero-order chi connectivity index (χ0) is 8.60. The number of nitrogens with zero attached hydrogens (tertiary/aromatic N) is 2. The summed E-state index contributed by atoms with van der Waals surface area (Å²) in [5, 5.41) is 15.8. The molecule has 2 heterocycles. The molecule has 0 saturated carbocycles. The lowest BCUT2D eigenvalue weighted by Crippen LogP contribution is -2.65. The van der Waals surface area contributed by atoms with Crippen molar-refractivity contribution in [1.82, 2.24) is 15.1 Å². The third kappa shape index (κ3) is 1.70. The second-order valence-corrected chi connectivity index (χ2v) is 2.89. The summed E-state index contributed by atoms with van der Waals surface area (Å²) >= 11 is 0. The molecule has 1 aromatic rings. The average Bonchev–Trinajstić information content (AvgIpc) is 2.35. The maximum atomic E-state index is 10.9. The van der Waals surface area contributed by atoms with Gasteiger partial charge in [-0.15, -0.1) is 24.8 Å². The first-order valence-electron chi connectivity index (χ1n) is 3.70. The van der Waals surface area contributed by atoms with Crippen LogP contribution in [0, 0.1) is 0 Å². The van der Waals surface area contributed by atoms with E-state index in [1.165, 1.54) is 4.68 Å². The molecule has 0 aliphatic carbocycles. The Morgan fingerprint density at radius 2 is 2.14 bits per heavy atom. The Kier molecular flexibility index (Phi) is 4.38. The average molecular weight is 240 g/mol. The molecule has 7 heteroatoms. The van der Waals surface area contributed by atoms with Crippen LogP contribution in [0.4, 0.5) is 0 Å². The van der Waals surface area contributed by atoms with Crippen LogP contribution in [0.2, 0.25) is 0 Å². The minimum Gasteiger partial charge on any atom is -0.479 e. The second-order valence-electron chi connectivity index (χ2n) is 2.89. The van der Waals surface area contributed by atoms with Gasteiger partial charge in [0.1, 0.15) is 0 Å². The van der Waals surface area contributed by atoms with Gasteiger partial charge in [0.05, 0.1) is 0 Å². The number of carboxylic acids is 1. The first kappa shape index (κ1) is 13.2. The van der Waals surface area contributed by atoms with E-state index in [1.54, 1.807) is 18.5 Å². The molecule has 1 saturated heterocycles. The molecule has 1 aliphatic heterocycles. The molecule has 0 spiro atoms. The number of rotatable bonds is 2. The Balaban J connectivity index is 0.000000845. The molecular formula is C7H11Cl2N3O2. The Labute approximate surface area is 93.3 Å². The minimum atomic E-state index is -0.844. The number of nitrogens with one attached hydrogen (secondary N) is 1. The van der Waals surface area contributed by atoms with Gasteiger partial charge in [-0.3, -0.25) is 4.68 Å². The highest BCUT2D eigenvalue weighted by Crippen LogP contribution is 2.20. The van der Waals surface area contributed by atoms with Crippen molar-refractivity contribution in [3.63, 3.8) is 0 Å². The lowest BCUT2D eigenvalue weighted by Gasteiger charge is -2.38. The normalized spacial score (nSPS) is 17.1. The van der Waals surface area contributed by atoms with E-state index < -0.39 is 11.5 Å². The number of aromatic nitrogens is 2. The second kappa shape index (κ2) is 4.63. The van der Waals surface area contributed by atoms with Gasteiger partial charge in [0, 0.05) is 25.5 Å². The molecule has 0 aromatic carbocycles. The lowest BCUT2D eigenvalue weighted by atomic mass is 9.93. The van der Waals surface area contributed by atoms with Gasteiger partial charge >= 0.3 is 5.97 Å². The molecule has 14 heavy (non-hydrogen) atoms. The monoisotopic (exact) mass is 239 g/mol. The number of carboxylic acid groups (broad SMARTS) is 1. The number of hydrogen-bond donors (Lipinski definition) is 2. The third-order valence-corrected chi connectivity index (χ3v) is 2.18. The van der Waals surface area contributed by atoms with Gasteiger partial charge in [-0.1, -0.05) is 0 Å². The van der Waals surface area contributed by atoms with E-state index in [2.05, 4.69) is 10.4 Å². The summed E-state index contributed by atoms with van der Waals surface area (Å²) in [6.45, 7) is 0.897. The van der Waals surface area contributed by atoms with Gasteiger partial charge in [0.25, 0.3) is 0 Å². The van der Waals surface area contributed by atoms with Crippen LogP contribution in [0.3, 0.4) is 0 Å². The molecule has 5 nitrogen and oxygen atoms in total. The van der Waals surface area contributed by atoms with Crippen molar-refractivity contribution in [3.05, 3.63) is 18.5 Å². The Morgan fingerprint density at radius 1 is 1.50 bits per heavy atom. The fourth-order valence-electron chi connectivity index (χ4n) is 1.30. The Hall–Kier alpha value is -0.780. The van der Waals surface area contributed by atoms with Crippen LogP contribution in [0.1, 0.15) is 0 Å². The van der Waals surface area contributed by atoms with Crippen molar-refractivity contribution in [1.29, 1.82) is 0 Å². The Bertz CT molecular complexity index is 298. The van der Waals surface area contributed by atoms with Gasteiger partial charge in [0.2, 0.25) is 0 Å². The van der Waals surface area contributed by atoms with Crippen LogP contribution >= 0.6 is 24.8 Å². The fourth-order valence-corrected chi connectivity index (χ4v) is 1.30. The lowest BCUT2D eigenvalue weighted by molar-refractivity contribution is -0.151. The molecular weight excluding hydrogens is 229 g/mol. The summed E-state index contributed by atoms with van der Waals surface area (Å²) in [7, 11) is 0. The van der Waals surface area contributed by atoms with Gasteiger partial charge in [-0.2, -0.15) is 5.10 Å². The summed E-state index contributed by atoms with van der Waals surface area (Å²) in [4.78, 5) is 10.9. The van der Waals surface area contributed by atoms with E-state index in [0.29, 0.717) is 13.1 Å². The highest BCUT2D eigenvalue weighted by atomic mass is 35.5. The van der Waals surface area contributed by atoms with E-state index in [0.717, 1.165) is 0 Å². The van der Waals surface area contributed by atoms with E-state index in [4.69, 9.17) is 5.11 Å². The van der Waals surface area contributed by atoms with E-state index in [-0.39, 0.29) is 24.8 Å². The summed E-state index contributed by atoms with van der Waals surface area (Å²) in [5.74, 6) is -0.829. The van der Waals surface area contributed by atoms with Crippen molar-refractivity contribution >= 4 is 30.8 Å². The molecule has 2 rings (SSSR count). The van der Waals surface area contributed by atoms with Crippen LogP contribution in [0.15, 0.2) is 18.5 Å². The van der Waals surface area contributed by atoms with Crippen LogP contribution < -0.4 is 5.32 Å².